The summed E-state index contributed by atoms with van der Waals surface area (Å²) in [6.45, 7) is 25.8. The van der Waals surface area contributed by atoms with E-state index in [2.05, 4.69) is 38.7 Å². The molecule has 0 aromatic heterocycles. The fourth-order valence-electron chi connectivity index (χ4n) is 7.72. The maximum absolute atomic E-state index is 12.7. The van der Waals surface area contributed by atoms with Crippen molar-refractivity contribution in [1.29, 1.82) is 0 Å². The van der Waals surface area contributed by atoms with E-state index in [4.69, 9.17) is 27.9 Å². The third kappa shape index (κ3) is 10.7. The third-order valence-corrected chi connectivity index (χ3v) is 14.3. The Labute approximate surface area is 396 Å². The van der Waals surface area contributed by atoms with Crippen molar-refractivity contribution in [2.24, 2.45) is 0 Å². The average Bonchev–Trinajstić information content (AvgIpc) is 4.00. The molecule has 5 aliphatic heterocycles. The van der Waals surface area contributed by atoms with Crippen LogP contribution in [-0.2, 0) is 40.8 Å². The van der Waals surface area contributed by atoms with Crippen molar-refractivity contribution >= 4 is 77.3 Å². The molecule has 0 aliphatic carbocycles. The van der Waals surface area contributed by atoms with Gasteiger partial charge in [-0.05, 0) is 161 Å². The molecule has 5 heterocycles. The first kappa shape index (κ1) is 50.3. The number of fused-ring (bicyclic) bond motifs is 2. The van der Waals surface area contributed by atoms with Crippen molar-refractivity contribution in [1.82, 2.24) is 0 Å². The minimum atomic E-state index is -0.476. The lowest BCUT2D eigenvalue weighted by atomic mass is 9.49. The fourth-order valence-corrected chi connectivity index (χ4v) is 7.98. The summed E-state index contributed by atoms with van der Waals surface area (Å²) in [4.78, 5) is 28.5. The molecule has 65 heavy (non-hydrogen) atoms. The van der Waals surface area contributed by atoms with Gasteiger partial charge in [-0.1, -0.05) is 71.9 Å². The van der Waals surface area contributed by atoms with E-state index < -0.39 is 21.1 Å². The highest BCUT2D eigenvalue weighted by Gasteiger charge is 2.63. The molecule has 5 aliphatic rings. The topological polar surface area (TPSA) is 120 Å². The maximum atomic E-state index is 12.7. The molecule has 0 unspecified atom stereocenters. The van der Waals surface area contributed by atoms with Crippen LogP contribution in [0.25, 0.3) is 0 Å². The summed E-state index contributed by atoms with van der Waals surface area (Å²) in [5.41, 5.74) is 4.77. The zero-order chi connectivity index (χ0) is 46.5. The molecule has 0 spiro atoms. The molecule has 3 fully saturated rings. The highest BCUT2D eigenvalue weighted by molar-refractivity contribution is 9.10. The van der Waals surface area contributed by atoms with Crippen molar-refractivity contribution < 1.29 is 37.5 Å². The second-order valence-electron chi connectivity index (χ2n) is 19.9. The first-order valence-corrected chi connectivity index (χ1v) is 22.9. The number of amides is 4. The smallest absolute Gasteiger partial charge is 0.405 e. The van der Waals surface area contributed by atoms with Gasteiger partial charge < -0.3 is 38.6 Å². The monoisotopic (exact) mass is 950 g/mol. The predicted octanol–water partition coefficient (Wildman–Crippen LogP) is 10.5. The van der Waals surface area contributed by atoms with Crippen LogP contribution in [0.5, 0.6) is 0 Å². The number of carbonyl (C=O) groups is 2. The van der Waals surface area contributed by atoms with Crippen molar-refractivity contribution in [3.63, 3.8) is 0 Å². The number of nitrogens with zero attached hydrogens (tertiary/aromatic N) is 2. The summed E-state index contributed by atoms with van der Waals surface area (Å²) in [6.07, 6.45) is 1.81. The molecule has 16 heteroatoms. The normalized spacial score (nSPS) is 21.0. The number of anilines is 4. The summed E-state index contributed by atoms with van der Waals surface area (Å²) in [6, 6.07) is 31.1. The van der Waals surface area contributed by atoms with Gasteiger partial charge in [0.15, 0.2) is 0 Å². The highest BCUT2D eigenvalue weighted by atomic mass is 79.9. The van der Waals surface area contributed by atoms with Crippen LogP contribution in [0.2, 0.25) is 0 Å². The van der Waals surface area contributed by atoms with Crippen LogP contribution >= 0.6 is 15.9 Å². The molecule has 4 amide bonds. The zero-order valence-electron chi connectivity index (χ0n) is 39.3. The van der Waals surface area contributed by atoms with Crippen LogP contribution in [0.1, 0.15) is 102 Å². The lowest BCUT2D eigenvalue weighted by Crippen LogP contribution is -2.41. The fraction of sp³-hybridized carbons (Fsp3) is 0.469. The Balaban J connectivity index is 0.000000165. The highest BCUT2D eigenvalue weighted by Crippen LogP contribution is 2.43. The number of para-hydroxylation sites is 2. The lowest BCUT2D eigenvalue weighted by molar-refractivity contribution is 0.00578. The Kier molecular flexibility index (Phi) is 14.6. The van der Waals surface area contributed by atoms with Crippen molar-refractivity contribution in [3.8, 4) is 0 Å². The number of carbonyl (C=O) groups excluding carboxylic acids is 2. The number of urea groups is 2. The van der Waals surface area contributed by atoms with E-state index in [0.717, 1.165) is 52.1 Å². The summed E-state index contributed by atoms with van der Waals surface area (Å²) in [5.74, 6) is 0. The van der Waals surface area contributed by atoms with Crippen LogP contribution in [0.4, 0.5) is 32.3 Å². The first-order chi connectivity index (χ1) is 29.9. The molecule has 346 valence electrons. The van der Waals surface area contributed by atoms with Gasteiger partial charge in [-0.15, -0.1) is 0 Å². The Morgan fingerprint density at radius 2 is 0.815 bits per heavy atom. The predicted molar refractivity (Wildman–Crippen MR) is 268 cm³/mol. The summed E-state index contributed by atoms with van der Waals surface area (Å²) in [5, 5.41) is 5.90. The van der Waals surface area contributed by atoms with Gasteiger partial charge in [-0.25, -0.2) is 9.59 Å². The van der Waals surface area contributed by atoms with E-state index in [-0.39, 0.29) is 53.1 Å². The van der Waals surface area contributed by atoms with Gasteiger partial charge in [-0.2, -0.15) is 0 Å². The van der Waals surface area contributed by atoms with Crippen molar-refractivity contribution in [2.75, 3.05) is 33.5 Å². The van der Waals surface area contributed by atoms with Crippen LogP contribution in [-0.4, -0.2) is 79.9 Å². The number of benzene rings is 4. The zero-order valence-corrected chi connectivity index (χ0v) is 40.9. The molecule has 0 atom stereocenters. The van der Waals surface area contributed by atoms with Gasteiger partial charge in [-0.3, -0.25) is 9.80 Å². The molecule has 0 radical (unpaired) electrons. The van der Waals surface area contributed by atoms with E-state index in [0.29, 0.717) is 6.54 Å². The van der Waals surface area contributed by atoms with Crippen molar-refractivity contribution in [2.45, 2.75) is 137 Å². The Bertz CT molecular complexity index is 2240. The SMILES string of the molecule is C.CC1(C)OB(B2OC(C)(C)C(C)(C)O2)OC1(C)C.CC1(C)OB(c2ccc(NC(=O)N3CCc4ccccc43)cc2)OC1(C)C.O=C(Nc1ccc(Br)cc1)N1CCc2ccccc21. The quantitative estimate of drug-likeness (QED) is 0.194. The number of rotatable bonds is 4. The number of hydrogen-bond donors (Lipinski definition) is 2. The average molecular weight is 951 g/mol. The summed E-state index contributed by atoms with van der Waals surface area (Å²) in [7, 11) is -1.35. The second-order valence-corrected chi connectivity index (χ2v) is 20.8. The first-order valence-electron chi connectivity index (χ1n) is 22.1. The third-order valence-electron chi connectivity index (χ3n) is 13.8. The molecule has 2 N–H and O–H groups in total. The molecule has 3 saturated heterocycles. The Morgan fingerprint density at radius 3 is 1.18 bits per heavy atom. The van der Waals surface area contributed by atoms with Gasteiger partial charge in [0.1, 0.15) is 0 Å². The lowest BCUT2D eigenvalue weighted by Gasteiger charge is -2.32. The van der Waals surface area contributed by atoms with Gasteiger partial charge in [0.25, 0.3) is 0 Å². The molecule has 4 aromatic carbocycles. The summed E-state index contributed by atoms with van der Waals surface area (Å²) < 4.78 is 37.0. The Morgan fingerprint density at radius 1 is 0.492 bits per heavy atom. The second kappa shape index (κ2) is 18.9. The number of nitrogens with one attached hydrogen (secondary N) is 2. The van der Waals surface area contributed by atoms with Crippen LogP contribution in [0.15, 0.2) is 102 Å². The molecule has 12 nitrogen and oxygen atoms in total. The van der Waals surface area contributed by atoms with E-state index in [1.165, 1.54) is 11.1 Å². The molecule has 0 saturated carbocycles. The number of halogens is 1. The largest absolute Gasteiger partial charge is 0.494 e. The molecule has 9 rings (SSSR count). The van der Waals surface area contributed by atoms with E-state index in [9.17, 15) is 9.59 Å². The van der Waals surface area contributed by atoms with E-state index >= 15 is 0 Å². The minimum absolute atomic E-state index is 0. The van der Waals surface area contributed by atoms with Crippen molar-refractivity contribution in [3.05, 3.63) is 113 Å². The standard InChI is InChI=1S/C21H25BN2O3.C15H13BrN2O.C12H24B2O4.CH4/c1-20(2)21(3,4)27-22(26-20)16-9-11-17(12-10-16)23-19(25)24-14-13-15-7-5-6-8-18(15)24;16-12-5-7-13(8-6-12)17-15(19)18-10-9-11-3-1-2-4-14(11)18;1-9(2)10(3,4)16-13(15-9)14-17-11(5,6)12(7,8)18-14;/h5-12H,13-14H2,1-4H3,(H,23,25);1-8H,9-10H2,(H,17,19);1-8H3;1H4. The van der Waals surface area contributed by atoms with Gasteiger partial charge >= 0.3 is 33.2 Å². The molecule has 4 aromatic rings. The van der Waals surface area contributed by atoms with Crippen LogP contribution in [0.3, 0.4) is 0 Å². The van der Waals surface area contributed by atoms with E-state index in [1.54, 1.807) is 9.80 Å². The van der Waals surface area contributed by atoms with Gasteiger partial charge in [0, 0.05) is 40.3 Å². The van der Waals surface area contributed by atoms with Gasteiger partial charge in [0.05, 0.1) is 33.6 Å². The molecule has 0 bridgehead atoms. The molecular weight excluding hydrogens is 885 g/mol. The van der Waals surface area contributed by atoms with Gasteiger partial charge in [0.2, 0.25) is 0 Å². The Hall–Kier alpha value is -4.15. The van der Waals surface area contributed by atoms with Crippen LogP contribution in [0, 0.1) is 0 Å². The number of hydrogen-bond acceptors (Lipinski definition) is 8. The molecular formula is C49H66B3BrN4O8. The van der Waals surface area contributed by atoms with E-state index in [1.807, 2.05) is 168 Å². The maximum Gasteiger partial charge on any atom is 0.494 e. The van der Waals surface area contributed by atoms with Crippen LogP contribution < -0.4 is 25.9 Å². The summed E-state index contributed by atoms with van der Waals surface area (Å²) >= 11 is 3.38. The minimum Gasteiger partial charge on any atom is -0.405 e.